The number of rotatable bonds is 2. The van der Waals surface area contributed by atoms with Crippen molar-refractivity contribution in [1.82, 2.24) is 9.78 Å². The Kier molecular flexibility index (Phi) is 3.03. The lowest BCUT2D eigenvalue weighted by molar-refractivity contribution is 0.764. The molecule has 90 valence electrons. The van der Waals surface area contributed by atoms with Crippen molar-refractivity contribution in [1.29, 1.82) is 0 Å². The Labute approximate surface area is 102 Å². The molecule has 0 spiro atoms. The summed E-state index contributed by atoms with van der Waals surface area (Å²) in [5.41, 5.74) is 12.4. The lowest BCUT2D eigenvalue weighted by Crippen LogP contribution is -2.13. The van der Waals surface area contributed by atoms with Gasteiger partial charge in [-0.3, -0.25) is 4.68 Å². The van der Waals surface area contributed by atoms with Gasteiger partial charge in [0.15, 0.2) is 0 Å². The average Bonchev–Trinajstić information content (AvgIpc) is 2.69. The molecule has 3 heteroatoms. The van der Waals surface area contributed by atoms with Crippen molar-refractivity contribution in [3.8, 4) is 0 Å². The van der Waals surface area contributed by atoms with Gasteiger partial charge in [0, 0.05) is 18.8 Å². The van der Waals surface area contributed by atoms with Crippen molar-refractivity contribution in [2.75, 3.05) is 0 Å². The predicted octanol–water partition coefficient (Wildman–Crippen LogP) is 2.39. The second kappa shape index (κ2) is 4.34. The van der Waals surface area contributed by atoms with Crippen LogP contribution in [-0.4, -0.2) is 9.78 Å². The first-order valence-electron chi connectivity index (χ1n) is 5.81. The molecule has 0 radical (unpaired) electrons. The molecule has 0 saturated heterocycles. The van der Waals surface area contributed by atoms with Crippen molar-refractivity contribution >= 4 is 0 Å². The minimum absolute atomic E-state index is 0.0944. The highest BCUT2D eigenvalue weighted by atomic mass is 15.2. The second-order valence-electron chi connectivity index (χ2n) is 4.72. The number of nitrogens with zero attached hydrogens (tertiary/aromatic N) is 2. The van der Waals surface area contributed by atoms with Gasteiger partial charge in [-0.2, -0.15) is 5.10 Å². The quantitative estimate of drug-likeness (QED) is 0.859. The van der Waals surface area contributed by atoms with Gasteiger partial charge in [-0.05, 0) is 43.0 Å². The van der Waals surface area contributed by atoms with Crippen molar-refractivity contribution < 1.29 is 0 Å². The minimum atomic E-state index is -0.0944. The maximum absolute atomic E-state index is 6.30. The molecule has 2 N–H and O–H groups in total. The van der Waals surface area contributed by atoms with Gasteiger partial charge in [0.2, 0.25) is 0 Å². The van der Waals surface area contributed by atoms with Gasteiger partial charge in [0.1, 0.15) is 0 Å². The number of nitrogens with two attached hydrogens (primary N) is 1. The summed E-state index contributed by atoms with van der Waals surface area (Å²) in [6.07, 6.45) is 3.80. The SMILES string of the molecule is Cc1cc(C)c(C(N)c2cnn(C)c2)cc1C. The highest BCUT2D eigenvalue weighted by Crippen LogP contribution is 2.24. The molecule has 1 aromatic heterocycles. The zero-order valence-corrected chi connectivity index (χ0v) is 10.9. The van der Waals surface area contributed by atoms with Gasteiger partial charge in [-0.25, -0.2) is 0 Å². The van der Waals surface area contributed by atoms with Crippen molar-refractivity contribution in [3.05, 3.63) is 52.3 Å². The van der Waals surface area contributed by atoms with Crippen LogP contribution in [0.4, 0.5) is 0 Å². The van der Waals surface area contributed by atoms with Crippen molar-refractivity contribution in [2.24, 2.45) is 12.8 Å². The number of hydrogen-bond donors (Lipinski definition) is 1. The lowest BCUT2D eigenvalue weighted by Gasteiger charge is -2.15. The molecule has 17 heavy (non-hydrogen) atoms. The maximum atomic E-state index is 6.30. The first kappa shape index (κ1) is 11.9. The third kappa shape index (κ3) is 2.24. The smallest absolute Gasteiger partial charge is 0.0585 e. The largest absolute Gasteiger partial charge is 0.320 e. The van der Waals surface area contributed by atoms with E-state index in [4.69, 9.17) is 5.73 Å². The Morgan fingerprint density at radius 2 is 1.76 bits per heavy atom. The van der Waals surface area contributed by atoms with Crippen LogP contribution in [0.3, 0.4) is 0 Å². The summed E-state index contributed by atoms with van der Waals surface area (Å²) in [4.78, 5) is 0. The van der Waals surface area contributed by atoms with Gasteiger partial charge < -0.3 is 5.73 Å². The Balaban J connectivity index is 2.43. The van der Waals surface area contributed by atoms with E-state index in [-0.39, 0.29) is 6.04 Å². The summed E-state index contributed by atoms with van der Waals surface area (Å²) in [5, 5.41) is 4.17. The summed E-state index contributed by atoms with van der Waals surface area (Å²) in [5.74, 6) is 0. The van der Waals surface area contributed by atoms with E-state index in [2.05, 4.69) is 38.0 Å². The minimum Gasteiger partial charge on any atom is -0.320 e. The van der Waals surface area contributed by atoms with Crippen molar-refractivity contribution in [2.45, 2.75) is 26.8 Å². The third-order valence-electron chi connectivity index (χ3n) is 3.30. The predicted molar refractivity (Wildman–Crippen MR) is 69.9 cm³/mol. The Morgan fingerprint density at radius 1 is 1.12 bits per heavy atom. The van der Waals surface area contributed by atoms with Crippen molar-refractivity contribution in [3.63, 3.8) is 0 Å². The number of aryl methyl sites for hydroxylation is 4. The van der Waals surface area contributed by atoms with Crippen LogP contribution in [-0.2, 0) is 7.05 Å². The van der Waals surface area contributed by atoms with E-state index in [1.807, 2.05) is 19.4 Å². The number of benzene rings is 1. The fourth-order valence-corrected chi connectivity index (χ4v) is 2.10. The molecule has 2 aromatic rings. The summed E-state index contributed by atoms with van der Waals surface area (Å²) in [6, 6.07) is 4.28. The zero-order valence-electron chi connectivity index (χ0n) is 10.9. The van der Waals surface area contributed by atoms with Crippen LogP contribution in [0, 0.1) is 20.8 Å². The zero-order chi connectivity index (χ0) is 12.6. The Bertz CT molecular complexity index is 540. The van der Waals surface area contributed by atoms with Crippen LogP contribution < -0.4 is 5.73 Å². The average molecular weight is 229 g/mol. The van der Waals surface area contributed by atoms with E-state index in [0.29, 0.717) is 0 Å². The van der Waals surface area contributed by atoms with Gasteiger partial charge in [-0.1, -0.05) is 12.1 Å². The van der Waals surface area contributed by atoms with Gasteiger partial charge in [0.05, 0.1) is 12.2 Å². The monoisotopic (exact) mass is 229 g/mol. The number of aromatic nitrogens is 2. The molecule has 2 rings (SSSR count). The Morgan fingerprint density at radius 3 is 2.35 bits per heavy atom. The first-order valence-corrected chi connectivity index (χ1v) is 5.81. The molecule has 1 atom stereocenters. The second-order valence-corrected chi connectivity index (χ2v) is 4.72. The molecule has 0 bridgehead atoms. The van der Waals surface area contributed by atoms with Crippen LogP contribution in [0.1, 0.15) is 33.9 Å². The molecule has 0 fully saturated rings. The fourth-order valence-electron chi connectivity index (χ4n) is 2.10. The van der Waals surface area contributed by atoms with E-state index in [0.717, 1.165) is 5.56 Å². The molecule has 1 heterocycles. The van der Waals surface area contributed by atoms with Gasteiger partial charge in [-0.15, -0.1) is 0 Å². The molecular formula is C14H19N3. The van der Waals surface area contributed by atoms with Crippen LogP contribution in [0.15, 0.2) is 24.5 Å². The molecular weight excluding hydrogens is 210 g/mol. The molecule has 0 aliphatic heterocycles. The summed E-state index contributed by atoms with van der Waals surface area (Å²) < 4.78 is 1.78. The van der Waals surface area contributed by atoms with Gasteiger partial charge in [0.25, 0.3) is 0 Å². The third-order valence-corrected chi connectivity index (χ3v) is 3.30. The molecule has 0 saturated carbocycles. The number of hydrogen-bond acceptors (Lipinski definition) is 2. The summed E-state index contributed by atoms with van der Waals surface area (Å²) in [7, 11) is 1.91. The molecule has 0 amide bonds. The van der Waals surface area contributed by atoms with E-state index in [1.54, 1.807) is 4.68 Å². The molecule has 0 aliphatic carbocycles. The fraction of sp³-hybridized carbons (Fsp3) is 0.357. The van der Waals surface area contributed by atoms with Gasteiger partial charge >= 0.3 is 0 Å². The molecule has 0 aliphatic rings. The highest BCUT2D eigenvalue weighted by Gasteiger charge is 2.14. The van der Waals surface area contributed by atoms with E-state index in [1.165, 1.54) is 22.3 Å². The van der Waals surface area contributed by atoms with Crippen LogP contribution >= 0.6 is 0 Å². The highest BCUT2D eigenvalue weighted by molar-refractivity contribution is 5.41. The van der Waals surface area contributed by atoms with Crippen LogP contribution in [0.5, 0.6) is 0 Å². The normalized spacial score (nSPS) is 12.8. The molecule has 1 aromatic carbocycles. The lowest BCUT2D eigenvalue weighted by atomic mass is 9.94. The topological polar surface area (TPSA) is 43.8 Å². The van der Waals surface area contributed by atoms with E-state index >= 15 is 0 Å². The van der Waals surface area contributed by atoms with Crippen LogP contribution in [0.25, 0.3) is 0 Å². The maximum Gasteiger partial charge on any atom is 0.0585 e. The summed E-state index contributed by atoms with van der Waals surface area (Å²) in [6.45, 7) is 6.36. The Hall–Kier alpha value is -1.61. The van der Waals surface area contributed by atoms with Crippen LogP contribution in [0.2, 0.25) is 0 Å². The molecule has 1 unspecified atom stereocenters. The summed E-state index contributed by atoms with van der Waals surface area (Å²) >= 11 is 0. The molecule has 3 nitrogen and oxygen atoms in total. The van der Waals surface area contributed by atoms with E-state index in [9.17, 15) is 0 Å². The standard InChI is InChI=1S/C14H19N3/c1-9-5-11(3)13(6-10(9)2)14(15)12-7-16-17(4)8-12/h5-8,14H,15H2,1-4H3. The van der Waals surface area contributed by atoms with E-state index < -0.39 is 0 Å². The first-order chi connectivity index (χ1) is 7.99.